The molecule has 2 aromatic heterocycles. The zero-order valence-corrected chi connectivity index (χ0v) is 27.9. The second-order valence-electron chi connectivity index (χ2n) is 13.0. The molecule has 2 heterocycles. The molecule has 0 saturated carbocycles. The monoisotopic (exact) mass is 651 g/mol. The first-order valence-electron chi connectivity index (χ1n) is 17.4. The van der Waals surface area contributed by atoms with Gasteiger partial charge in [0.25, 0.3) is 0 Å². The molecule has 3 heteroatoms. The van der Waals surface area contributed by atoms with Crippen molar-refractivity contribution in [2.45, 2.75) is 0 Å². The highest BCUT2D eigenvalue weighted by atomic mass is 15.1. The summed E-state index contributed by atoms with van der Waals surface area (Å²) in [6, 6.07) is 72.0. The molecule has 8 aromatic carbocycles. The molecule has 51 heavy (non-hydrogen) atoms. The summed E-state index contributed by atoms with van der Waals surface area (Å²) >= 11 is 0. The highest BCUT2D eigenvalue weighted by Crippen LogP contribution is 2.39. The van der Waals surface area contributed by atoms with Gasteiger partial charge in [-0.3, -0.25) is 0 Å². The molecule has 0 aliphatic heterocycles. The molecule has 0 N–H and O–H groups in total. The van der Waals surface area contributed by atoms with E-state index in [0.29, 0.717) is 0 Å². The van der Waals surface area contributed by atoms with E-state index in [2.05, 4.69) is 214 Å². The maximum Gasteiger partial charge on any atom is 0.0541 e. The Morgan fingerprint density at radius 3 is 1.22 bits per heavy atom. The number of benzene rings is 8. The number of rotatable bonds is 6. The van der Waals surface area contributed by atoms with E-state index in [1.165, 1.54) is 54.7 Å². The summed E-state index contributed by atoms with van der Waals surface area (Å²) in [7, 11) is 0. The fourth-order valence-corrected chi connectivity index (χ4v) is 7.81. The van der Waals surface area contributed by atoms with E-state index in [1.54, 1.807) is 0 Å². The van der Waals surface area contributed by atoms with E-state index in [9.17, 15) is 0 Å². The predicted octanol–water partition coefficient (Wildman–Crippen LogP) is 13.0. The standard InChI is InChI=1S/C48H33N3/c1-3-14-36(15-4-1)49(37-16-5-2-6-17-37)38-29-26-34(27-30-38)35-28-31-48-44(32-35)43-22-9-12-25-47(43)51(48)40-19-13-18-39(33-40)50-45-23-10-7-20-41(45)42-21-8-11-24-46(42)50/h1-33H. The van der Waals surface area contributed by atoms with Gasteiger partial charge in [0.2, 0.25) is 0 Å². The average Bonchev–Trinajstić information content (AvgIpc) is 3.72. The zero-order valence-electron chi connectivity index (χ0n) is 27.9. The fourth-order valence-electron chi connectivity index (χ4n) is 7.81. The minimum atomic E-state index is 1.12. The third kappa shape index (κ3) is 4.82. The Morgan fingerprint density at radius 1 is 0.275 bits per heavy atom. The van der Waals surface area contributed by atoms with E-state index >= 15 is 0 Å². The van der Waals surface area contributed by atoms with Gasteiger partial charge < -0.3 is 14.0 Å². The second kappa shape index (κ2) is 11.9. The van der Waals surface area contributed by atoms with Crippen molar-refractivity contribution in [3.63, 3.8) is 0 Å². The summed E-state index contributed by atoms with van der Waals surface area (Å²) in [5.41, 5.74) is 12.9. The van der Waals surface area contributed by atoms with Crippen LogP contribution in [0.25, 0.3) is 66.1 Å². The summed E-state index contributed by atoms with van der Waals surface area (Å²) in [5, 5.41) is 5.02. The summed E-state index contributed by atoms with van der Waals surface area (Å²) in [5.74, 6) is 0. The van der Waals surface area contributed by atoms with Crippen LogP contribution in [0.4, 0.5) is 17.1 Å². The Hall–Kier alpha value is -6.84. The third-order valence-electron chi connectivity index (χ3n) is 10.1. The van der Waals surface area contributed by atoms with Crippen LogP contribution in [-0.4, -0.2) is 9.13 Å². The number of para-hydroxylation sites is 5. The average molecular weight is 652 g/mol. The molecule has 0 atom stereocenters. The van der Waals surface area contributed by atoms with Gasteiger partial charge in [-0.15, -0.1) is 0 Å². The van der Waals surface area contributed by atoms with Crippen LogP contribution in [0.1, 0.15) is 0 Å². The van der Waals surface area contributed by atoms with Crippen molar-refractivity contribution in [3.05, 3.63) is 200 Å². The van der Waals surface area contributed by atoms with E-state index in [4.69, 9.17) is 0 Å². The van der Waals surface area contributed by atoms with Gasteiger partial charge in [-0.05, 0) is 96.1 Å². The lowest BCUT2D eigenvalue weighted by atomic mass is 10.0. The molecule has 0 unspecified atom stereocenters. The molecule has 3 nitrogen and oxygen atoms in total. The van der Waals surface area contributed by atoms with Crippen LogP contribution in [0, 0.1) is 0 Å². The maximum atomic E-state index is 2.41. The number of hydrogen-bond acceptors (Lipinski definition) is 1. The number of nitrogens with zero attached hydrogens (tertiary/aromatic N) is 3. The van der Waals surface area contributed by atoms with Gasteiger partial charge in [0.05, 0.1) is 22.1 Å². The van der Waals surface area contributed by atoms with E-state index < -0.39 is 0 Å². The molecule has 10 aromatic rings. The number of fused-ring (bicyclic) bond motifs is 6. The molecule has 0 saturated heterocycles. The molecule has 0 spiro atoms. The molecule has 0 amide bonds. The molecule has 0 aliphatic rings. The SMILES string of the molecule is c1ccc(N(c2ccccc2)c2ccc(-c3ccc4c(c3)c3ccccc3n4-c3cccc(-n4c5ccccc5c5ccccc54)c3)cc2)cc1. The van der Waals surface area contributed by atoms with E-state index in [-0.39, 0.29) is 0 Å². The van der Waals surface area contributed by atoms with Crippen LogP contribution >= 0.6 is 0 Å². The minimum Gasteiger partial charge on any atom is -0.311 e. The summed E-state index contributed by atoms with van der Waals surface area (Å²) in [6.45, 7) is 0. The van der Waals surface area contributed by atoms with Crippen LogP contribution in [0.5, 0.6) is 0 Å². The first kappa shape index (κ1) is 29.1. The van der Waals surface area contributed by atoms with Crippen molar-refractivity contribution >= 4 is 60.7 Å². The lowest BCUT2D eigenvalue weighted by Gasteiger charge is -2.25. The fraction of sp³-hybridized carbons (Fsp3) is 0. The Morgan fingerprint density at radius 2 is 0.686 bits per heavy atom. The Labute approximate surface area is 296 Å². The third-order valence-corrected chi connectivity index (χ3v) is 10.1. The van der Waals surface area contributed by atoms with E-state index in [1.807, 2.05) is 0 Å². The lowest BCUT2D eigenvalue weighted by Crippen LogP contribution is -2.09. The topological polar surface area (TPSA) is 13.1 Å². The van der Waals surface area contributed by atoms with Crippen molar-refractivity contribution in [1.29, 1.82) is 0 Å². The van der Waals surface area contributed by atoms with E-state index in [0.717, 1.165) is 28.4 Å². The van der Waals surface area contributed by atoms with Gasteiger partial charge in [0.1, 0.15) is 0 Å². The zero-order chi connectivity index (χ0) is 33.7. The van der Waals surface area contributed by atoms with Crippen molar-refractivity contribution in [2.24, 2.45) is 0 Å². The van der Waals surface area contributed by atoms with Crippen LogP contribution in [0.3, 0.4) is 0 Å². The number of aromatic nitrogens is 2. The minimum absolute atomic E-state index is 1.12. The molecule has 0 radical (unpaired) electrons. The molecule has 0 bridgehead atoms. The normalized spacial score (nSPS) is 11.5. The smallest absolute Gasteiger partial charge is 0.0541 e. The first-order chi connectivity index (χ1) is 25.3. The van der Waals surface area contributed by atoms with Gasteiger partial charge in [-0.25, -0.2) is 0 Å². The Bertz CT molecular complexity index is 2750. The molecular formula is C48H33N3. The molecule has 0 fully saturated rings. The molecular weight excluding hydrogens is 619 g/mol. The maximum absolute atomic E-state index is 2.41. The van der Waals surface area contributed by atoms with Gasteiger partial charge in [-0.2, -0.15) is 0 Å². The lowest BCUT2D eigenvalue weighted by molar-refractivity contribution is 1.13. The predicted molar refractivity (Wildman–Crippen MR) is 215 cm³/mol. The Balaban J connectivity index is 1.08. The highest BCUT2D eigenvalue weighted by Gasteiger charge is 2.17. The van der Waals surface area contributed by atoms with Crippen molar-refractivity contribution in [1.82, 2.24) is 9.13 Å². The van der Waals surface area contributed by atoms with Crippen molar-refractivity contribution < 1.29 is 0 Å². The van der Waals surface area contributed by atoms with Crippen molar-refractivity contribution in [2.75, 3.05) is 4.90 Å². The van der Waals surface area contributed by atoms with Crippen molar-refractivity contribution in [3.8, 4) is 22.5 Å². The van der Waals surface area contributed by atoms with Crippen LogP contribution < -0.4 is 4.90 Å². The molecule has 10 rings (SSSR count). The number of anilines is 3. The first-order valence-corrected chi connectivity index (χ1v) is 17.4. The largest absolute Gasteiger partial charge is 0.311 e. The van der Waals surface area contributed by atoms with Crippen LogP contribution in [0.15, 0.2) is 200 Å². The summed E-state index contributed by atoms with van der Waals surface area (Å²) < 4.78 is 4.80. The van der Waals surface area contributed by atoms with Gasteiger partial charge in [0.15, 0.2) is 0 Å². The van der Waals surface area contributed by atoms with Gasteiger partial charge >= 0.3 is 0 Å². The summed E-state index contributed by atoms with van der Waals surface area (Å²) in [6.07, 6.45) is 0. The quantitative estimate of drug-likeness (QED) is 0.174. The number of hydrogen-bond donors (Lipinski definition) is 0. The van der Waals surface area contributed by atoms with Crippen LogP contribution in [0.2, 0.25) is 0 Å². The highest BCUT2D eigenvalue weighted by molar-refractivity contribution is 6.11. The Kier molecular flexibility index (Phi) is 6.81. The second-order valence-corrected chi connectivity index (χ2v) is 13.0. The molecule has 240 valence electrons. The summed E-state index contributed by atoms with van der Waals surface area (Å²) in [4.78, 5) is 2.30. The van der Waals surface area contributed by atoms with Gasteiger partial charge in [-0.1, -0.05) is 115 Å². The van der Waals surface area contributed by atoms with Crippen LogP contribution in [-0.2, 0) is 0 Å². The van der Waals surface area contributed by atoms with Gasteiger partial charge in [0, 0.05) is 50.0 Å². The molecule has 0 aliphatic carbocycles.